The van der Waals surface area contributed by atoms with E-state index in [1.807, 2.05) is 0 Å². The van der Waals surface area contributed by atoms with Gasteiger partial charge in [0.15, 0.2) is 0 Å². The third-order valence-electron chi connectivity index (χ3n) is 5.03. The third-order valence-corrected chi connectivity index (χ3v) is 8.49. The van der Waals surface area contributed by atoms with Gasteiger partial charge in [-0.05, 0) is 57.1 Å². The van der Waals surface area contributed by atoms with Crippen molar-refractivity contribution in [3.63, 3.8) is 0 Å². The molecular formula is C19H28N2O3S2. The summed E-state index contributed by atoms with van der Waals surface area (Å²) in [6, 6.07) is 3.41. The number of amides is 1. The van der Waals surface area contributed by atoms with Crippen molar-refractivity contribution in [3.05, 3.63) is 28.7 Å². The third kappa shape index (κ3) is 5.18. The van der Waals surface area contributed by atoms with Crippen LogP contribution in [0.1, 0.15) is 56.2 Å². The van der Waals surface area contributed by atoms with Crippen molar-refractivity contribution >= 4 is 27.3 Å². The molecule has 0 spiro atoms. The largest absolute Gasteiger partial charge is 0.355 e. The summed E-state index contributed by atoms with van der Waals surface area (Å²) in [5.41, 5.74) is 1.45. The summed E-state index contributed by atoms with van der Waals surface area (Å²) in [5.74, 6) is -0.0369. The first-order chi connectivity index (χ1) is 12.6. The van der Waals surface area contributed by atoms with Gasteiger partial charge >= 0.3 is 0 Å². The second-order valence-electron chi connectivity index (χ2n) is 7.07. The van der Waals surface area contributed by atoms with Crippen LogP contribution in [0.15, 0.2) is 28.0 Å². The van der Waals surface area contributed by atoms with Crippen molar-refractivity contribution in [1.29, 1.82) is 0 Å². The number of sulfonamides is 1. The number of carbonyl (C=O) groups is 1. The number of hydrogen-bond donors (Lipinski definition) is 1. The van der Waals surface area contributed by atoms with Crippen LogP contribution in [-0.4, -0.2) is 38.3 Å². The van der Waals surface area contributed by atoms with Crippen molar-refractivity contribution in [1.82, 2.24) is 9.62 Å². The number of thiophene rings is 1. The fourth-order valence-corrected chi connectivity index (χ4v) is 6.57. The van der Waals surface area contributed by atoms with Gasteiger partial charge in [-0.2, -0.15) is 4.31 Å². The van der Waals surface area contributed by atoms with Crippen LogP contribution in [0.4, 0.5) is 0 Å². The molecule has 2 heterocycles. The smallest absolute Gasteiger partial charge is 0.252 e. The first-order valence-electron chi connectivity index (χ1n) is 9.59. The Hall–Kier alpha value is -1.18. The zero-order chi connectivity index (χ0) is 18.4. The van der Waals surface area contributed by atoms with Gasteiger partial charge in [-0.3, -0.25) is 4.79 Å². The van der Waals surface area contributed by atoms with Crippen LogP contribution in [-0.2, 0) is 21.2 Å². The van der Waals surface area contributed by atoms with E-state index < -0.39 is 10.0 Å². The molecule has 26 heavy (non-hydrogen) atoms. The van der Waals surface area contributed by atoms with Gasteiger partial charge in [0.1, 0.15) is 4.21 Å². The number of carbonyl (C=O) groups excluding carboxylic acids is 1. The average molecular weight is 397 g/mol. The minimum Gasteiger partial charge on any atom is -0.355 e. The molecule has 3 rings (SSSR count). The minimum absolute atomic E-state index is 0.0369. The van der Waals surface area contributed by atoms with E-state index >= 15 is 0 Å². The van der Waals surface area contributed by atoms with Crippen LogP contribution in [0.3, 0.4) is 0 Å². The zero-order valence-corrected chi connectivity index (χ0v) is 16.8. The number of hydrogen-bond acceptors (Lipinski definition) is 4. The van der Waals surface area contributed by atoms with Crippen molar-refractivity contribution in [2.24, 2.45) is 0 Å². The van der Waals surface area contributed by atoms with Gasteiger partial charge in [-0.1, -0.05) is 18.1 Å². The van der Waals surface area contributed by atoms with Crippen molar-refractivity contribution in [2.45, 2.75) is 62.0 Å². The molecule has 0 saturated carbocycles. The molecular weight excluding hydrogens is 368 g/mol. The Morgan fingerprint density at radius 1 is 1.12 bits per heavy atom. The SMILES string of the molecule is O=C(Cc1ccc(S(=O)(=O)N2CCCCC2)s1)NCCC1=CCCCC1. The molecule has 0 atom stereocenters. The maximum atomic E-state index is 12.7. The molecule has 144 valence electrons. The fraction of sp³-hybridized carbons (Fsp3) is 0.632. The lowest BCUT2D eigenvalue weighted by atomic mass is 9.97. The number of nitrogens with one attached hydrogen (secondary N) is 1. The van der Waals surface area contributed by atoms with Crippen LogP contribution >= 0.6 is 11.3 Å². The molecule has 5 nitrogen and oxygen atoms in total. The highest BCUT2D eigenvalue weighted by molar-refractivity contribution is 7.91. The van der Waals surface area contributed by atoms with E-state index in [-0.39, 0.29) is 12.3 Å². The van der Waals surface area contributed by atoms with Gasteiger partial charge in [-0.25, -0.2) is 8.42 Å². The molecule has 2 aliphatic rings. The average Bonchev–Trinajstić information content (AvgIpc) is 3.12. The number of nitrogens with zero attached hydrogens (tertiary/aromatic N) is 1. The van der Waals surface area contributed by atoms with E-state index in [4.69, 9.17) is 0 Å². The fourth-order valence-electron chi connectivity index (χ4n) is 3.54. The maximum Gasteiger partial charge on any atom is 0.252 e. The van der Waals surface area contributed by atoms with Crippen LogP contribution in [0.5, 0.6) is 0 Å². The summed E-state index contributed by atoms with van der Waals surface area (Å²) < 4.78 is 27.3. The Morgan fingerprint density at radius 2 is 1.92 bits per heavy atom. The monoisotopic (exact) mass is 396 g/mol. The summed E-state index contributed by atoms with van der Waals surface area (Å²) >= 11 is 1.22. The van der Waals surface area contributed by atoms with Gasteiger partial charge in [-0.15, -0.1) is 11.3 Å². The van der Waals surface area contributed by atoms with Crippen LogP contribution in [0.2, 0.25) is 0 Å². The Bertz CT molecular complexity index is 747. The Labute approximate surface area is 160 Å². The molecule has 1 aromatic heterocycles. The van der Waals surface area contributed by atoms with E-state index in [0.717, 1.165) is 43.4 Å². The molecule has 1 aromatic rings. The molecule has 1 aliphatic heterocycles. The highest BCUT2D eigenvalue weighted by Gasteiger charge is 2.27. The number of piperidine rings is 1. The normalized spacial score (nSPS) is 19.2. The summed E-state index contributed by atoms with van der Waals surface area (Å²) in [7, 11) is -3.40. The van der Waals surface area contributed by atoms with Crippen molar-refractivity contribution in [2.75, 3.05) is 19.6 Å². The highest BCUT2D eigenvalue weighted by atomic mass is 32.2. The van der Waals surface area contributed by atoms with Crippen LogP contribution in [0, 0.1) is 0 Å². The summed E-state index contributed by atoms with van der Waals surface area (Å²) in [6.07, 6.45) is 11.3. The highest BCUT2D eigenvalue weighted by Crippen LogP contribution is 2.27. The van der Waals surface area contributed by atoms with Crippen LogP contribution < -0.4 is 5.32 Å². The predicted octanol–water partition coefficient (Wildman–Crippen LogP) is 3.47. The molecule has 0 radical (unpaired) electrons. The van der Waals surface area contributed by atoms with Gasteiger partial charge in [0.05, 0.1) is 6.42 Å². The minimum atomic E-state index is -3.40. The molecule has 0 aromatic carbocycles. The lowest BCUT2D eigenvalue weighted by molar-refractivity contribution is -0.120. The summed E-state index contributed by atoms with van der Waals surface area (Å²) in [4.78, 5) is 12.9. The van der Waals surface area contributed by atoms with Crippen molar-refractivity contribution < 1.29 is 13.2 Å². The Balaban J connectivity index is 1.49. The molecule has 1 saturated heterocycles. The van der Waals surface area contributed by atoms with E-state index in [2.05, 4.69) is 11.4 Å². The second-order valence-corrected chi connectivity index (χ2v) is 10.4. The first kappa shape index (κ1) is 19.6. The lowest BCUT2D eigenvalue weighted by Crippen LogP contribution is -2.35. The van der Waals surface area contributed by atoms with E-state index in [1.54, 1.807) is 16.4 Å². The maximum absolute atomic E-state index is 12.7. The number of rotatable bonds is 7. The van der Waals surface area contributed by atoms with E-state index in [0.29, 0.717) is 23.8 Å². The number of allylic oxidation sites excluding steroid dienone is 1. The van der Waals surface area contributed by atoms with Gasteiger partial charge < -0.3 is 5.32 Å². The summed E-state index contributed by atoms with van der Waals surface area (Å²) in [6.45, 7) is 1.87. The first-order valence-corrected chi connectivity index (χ1v) is 11.8. The molecule has 7 heteroatoms. The molecule has 1 N–H and O–H groups in total. The standard InChI is InChI=1S/C19H28N2O3S2/c22-18(20-12-11-16-7-3-1-4-8-16)15-17-9-10-19(25-17)26(23,24)21-13-5-2-6-14-21/h7,9-10H,1-6,8,11-15H2,(H,20,22). The topological polar surface area (TPSA) is 66.5 Å². The Morgan fingerprint density at radius 3 is 2.65 bits per heavy atom. The van der Waals surface area contributed by atoms with Crippen molar-refractivity contribution in [3.8, 4) is 0 Å². The van der Waals surface area contributed by atoms with Crippen LogP contribution in [0.25, 0.3) is 0 Å². The zero-order valence-electron chi connectivity index (χ0n) is 15.2. The van der Waals surface area contributed by atoms with Gasteiger partial charge in [0, 0.05) is 24.5 Å². The molecule has 0 unspecified atom stereocenters. The second kappa shape index (κ2) is 9.15. The lowest BCUT2D eigenvalue weighted by Gasteiger charge is -2.25. The molecule has 1 aliphatic carbocycles. The van der Waals surface area contributed by atoms with Gasteiger partial charge in [0.25, 0.3) is 10.0 Å². The molecule has 1 amide bonds. The predicted molar refractivity (Wildman–Crippen MR) is 105 cm³/mol. The van der Waals surface area contributed by atoms with E-state index in [1.165, 1.54) is 29.8 Å². The van der Waals surface area contributed by atoms with E-state index in [9.17, 15) is 13.2 Å². The van der Waals surface area contributed by atoms with Gasteiger partial charge in [0.2, 0.25) is 5.91 Å². The Kier molecular flexibility index (Phi) is 6.89. The molecule has 1 fully saturated rings. The quantitative estimate of drug-likeness (QED) is 0.718. The molecule has 0 bridgehead atoms. The summed E-state index contributed by atoms with van der Waals surface area (Å²) in [5, 5.41) is 2.96.